The van der Waals surface area contributed by atoms with Crippen LogP contribution in [0.5, 0.6) is 0 Å². The quantitative estimate of drug-likeness (QED) is 0.579. The van der Waals surface area contributed by atoms with Crippen molar-refractivity contribution in [2.24, 2.45) is 5.92 Å². The fraction of sp³-hybridized carbons (Fsp3) is 0.148. The Hall–Kier alpha value is -3.77. The monoisotopic (exact) mass is 390 g/mol. The smallest absolute Gasteiger partial charge is 0.163 e. The number of aromatic nitrogens is 1. The summed E-state index contributed by atoms with van der Waals surface area (Å²) in [4.78, 5) is 17.7. The number of carbonyl (C=O) groups is 1. The molecule has 3 heteroatoms. The predicted octanol–water partition coefficient (Wildman–Crippen LogP) is 5.64. The fourth-order valence-corrected chi connectivity index (χ4v) is 3.89. The highest BCUT2D eigenvalue weighted by Gasteiger charge is 2.21. The third-order valence-corrected chi connectivity index (χ3v) is 5.40. The van der Waals surface area contributed by atoms with Crippen LogP contribution in [-0.2, 0) is 11.2 Å². The number of allylic oxidation sites excluding steroid dienone is 4. The fourth-order valence-electron chi connectivity index (χ4n) is 3.89. The highest BCUT2D eigenvalue weighted by atomic mass is 16.1. The van der Waals surface area contributed by atoms with Crippen LogP contribution in [0.3, 0.4) is 0 Å². The molecule has 1 aliphatic rings. The Morgan fingerprint density at radius 2 is 1.73 bits per heavy atom. The maximum Gasteiger partial charge on any atom is 0.163 e. The minimum atomic E-state index is 0.0669. The summed E-state index contributed by atoms with van der Waals surface area (Å²) >= 11 is 0. The molecule has 0 saturated heterocycles. The standard InChI is InChI=1S/C27H22N2O/c28-19-22-10-4-5-11-24(22)25-18-23(26-12-6-7-15-29-26)17-21(13-14-27(25)30)16-20-8-2-1-3-9-20/h1-12,15,17-18,21H,13-14,16H2. The van der Waals surface area contributed by atoms with E-state index in [1.54, 1.807) is 12.3 Å². The first-order valence-electron chi connectivity index (χ1n) is 10.2. The topological polar surface area (TPSA) is 53.8 Å². The molecule has 0 saturated carbocycles. The van der Waals surface area contributed by atoms with Crippen molar-refractivity contribution in [3.63, 3.8) is 0 Å². The lowest BCUT2D eigenvalue weighted by Crippen LogP contribution is -2.12. The van der Waals surface area contributed by atoms with Crippen LogP contribution in [-0.4, -0.2) is 10.8 Å². The van der Waals surface area contributed by atoms with E-state index < -0.39 is 0 Å². The van der Waals surface area contributed by atoms with Crippen LogP contribution in [0, 0.1) is 17.2 Å². The highest BCUT2D eigenvalue weighted by molar-refractivity contribution is 6.23. The summed E-state index contributed by atoms with van der Waals surface area (Å²) in [5.41, 5.74) is 4.80. The predicted molar refractivity (Wildman–Crippen MR) is 119 cm³/mol. The van der Waals surface area contributed by atoms with Crippen LogP contribution < -0.4 is 0 Å². The molecule has 146 valence electrons. The highest BCUT2D eigenvalue weighted by Crippen LogP contribution is 2.31. The van der Waals surface area contributed by atoms with Gasteiger partial charge in [0.25, 0.3) is 0 Å². The minimum absolute atomic E-state index is 0.0669. The molecule has 0 bridgehead atoms. The van der Waals surface area contributed by atoms with E-state index in [0.717, 1.165) is 24.1 Å². The van der Waals surface area contributed by atoms with Crippen LogP contribution >= 0.6 is 0 Å². The minimum Gasteiger partial charge on any atom is -0.294 e. The SMILES string of the molecule is N#Cc1ccccc1C1=CC(c2ccccn2)=CC(Cc2ccccc2)CCC1=O. The van der Waals surface area contributed by atoms with E-state index in [1.807, 2.05) is 60.7 Å². The van der Waals surface area contributed by atoms with Crippen molar-refractivity contribution < 1.29 is 4.79 Å². The molecule has 3 aromatic rings. The third-order valence-electron chi connectivity index (χ3n) is 5.40. The number of ketones is 1. The van der Waals surface area contributed by atoms with E-state index in [2.05, 4.69) is 29.3 Å². The number of hydrogen-bond donors (Lipinski definition) is 0. The van der Waals surface area contributed by atoms with Crippen molar-refractivity contribution in [3.05, 3.63) is 114 Å². The van der Waals surface area contributed by atoms with Crippen molar-refractivity contribution in [1.82, 2.24) is 4.98 Å². The summed E-state index contributed by atoms with van der Waals surface area (Å²) < 4.78 is 0. The van der Waals surface area contributed by atoms with Gasteiger partial charge >= 0.3 is 0 Å². The Kier molecular flexibility index (Phi) is 5.96. The summed E-state index contributed by atoms with van der Waals surface area (Å²) in [6, 6.07) is 25.7. The van der Waals surface area contributed by atoms with Crippen LogP contribution in [0.25, 0.3) is 11.1 Å². The van der Waals surface area contributed by atoms with Gasteiger partial charge in [0.2, 0.25) is 0 Å². The van der Waals surface area contributed by atoms with Crippen molar-refractivity contribution in [1.29, 1.82) is 5.26 Å². The molecule has 0 aliphatic heterocycles. The van der Waals surface area contributed by atoms with Gasteiger partial charge in [0.05, 0.1) is 17.3 Å². The average molecular weight is 390 g/mol. The number of pyridine rings is 1. The van der Waals surface area contributed by atoms with Gasteiger partial charge in [0.15, 0.2) is 5.78 Å². The van der Waals surface area contributed by atoms with Gasteiger partial charge in [0, 0.05) is 23.8 Å². The van der Waals surface area contributed by atoms with Gasteiger partial charge in [-0.3, -0.25) is 9.78 Å². The van der Waals surface area contributed by atoms with Crippen molar-refractivity contribution >= 4 is 16.9 Å². The molecule has 0 amide bonds. The number of carbonyl (C=O) groups excluding carboxylic acids is 1. The lowest BCUT2D eigenvalue weighted by Gasteiger charge is -2.19. The van der Waals surface area contributed by atoms with E-state index in [1.165, 1.54) is 5.56 Å². The Balaban J connectivity index is 1.81. The lowest BCUT2D eigenvalue weighted by molar-refractivity contribution is -0.114. The van der Waals surface area contributed by atoms with E-state index in [9.17, 15) is 10.1 Å². The zero-order chi connectivity index (χ0) is 20.8. The second-order valence-corrected chi connectivity index (χ2v) is 7.46. The summed E-state index contributed by atoms with van der Waals surface area (Å²) in [5.74, 6) is 0.301. The Morgan fingerprint density at radius 1 is 0.967 bits per heavy atom. The van der Waals surface area contributed by atoms with Crippen LogP contribution in [0.2, 0.25) is 0 Å². The van der Waals surface area contributed by atoms with Crippen LogP contribution in [0.15, 0.2) is 91.1 Å². The van der Waals surface area contributed by atoms with E-state index in [4.69, 9.17) is 0 Å². The molecule has 1 unspecified atom stereocenters. The summed E-state index contributed by atoms with van der Waals surface area (Å²) in [6.45, 7) is 0. The average Bonchev–Trinajstić information content (AvgIpc) is 2.80. The second-order valence-electron chi connectivity index (χ2n) is 7.46. The van der Waals surface area contributed by atoms with E-state index >= 15 is 0 Å². The number of Topliss-reactive ketones (excluding diaryl/α,β-unsaturated/α-hetero) is 1. The molecule has 0 N–H and O–H groups in total. The van der Waals surface area contributed by atoms with E-state index in [-0.39, 0.29) is 11.7 Å². The molecular weight excluding hydrogens is 368 g/mol. The van der Waals surface area contributed by atoms with Gasteiger partial charge in [-0.05, 0) is 54.2 Å². The van der Waals surface area contributed by atoms with Crippen molar-refractivity contribution in [3.8, 4) is 6.07 Å². The number of hydrogen-bond acceptors (Lipinski definition) is 3. The molecule has 4 rings (SSSR count). The van der Waals surface area contributed by atoms with Gasteiger partial charge in [-0.1, -0.05) is 60.7 Å². The van der Waals surface area contributed by atoms with Gasteiger partial charge in [0.1, 0.15) is 0 Å². The number of rotatable bonds is 4. The third kappa shape index (κ3) is 4.45. The maximum atomic E-state index is 13.2. The van der Waals surface area contributed by atoms with E-state index in [0.29, 0.717) is 23.1 Å². The summed E-state index contributed by atoms with van der Waals surface area (Å²) in [6.07, 6.45) is 8.00. The summed E-state index contributed by atoms with van der Waals surface area (Å²) in [7, 11) is 0. The molecule has 2 aromatic carbocycles. The molecule has 1 heterocycles. The number of nitrogens with zero attached hydrogens (tertiary/aromatic N) is 2. The van der Waals surface area contributed by atoms with Gasteiger partial charge in [-0.2, -0.15) is 5.26 Å². The van der Waals surface area contributed by atoms with Gasteiger partial charge in [-0.15, -0.1) is 0 Å². The van der Waals surface area contributed by atoms with Gasteiger partial charge in [-0.25, -0.2) is 0 Å². The van der Waals surface area contributed by atoms with Crippen molar-refractivity contribution in [2.75, 3.05) is 0 Å². The molecule has 1 atom stereocenters. The first-order valence-corrected chi connectivity index (χ1v) is 10.2. The van der Waals surface area contributed by atoms with Crippen LogP contribution in [0.1, 0.15) is 35.2 Å². The van der Waals surface area contributed by atoms with Crippen molar-refractivity contribution in [2.45, 2.75) is 19.3 Å². The lowest BCUT2D eigenvalue weighted by atomic mass is 9.84. The molecular formula is C27H22N2O. The molecule has 0 fully saturated rings. The Bertz CT molecular complexity index is 1140. The molecule has 3 nitrogen and oxygen atoms in total. The Labute approximate surface area is 177 Å². The van der Waals surface area contributed by atoms with Crippen LogP contribution in [0.4, 0.5) is 0 Å². The van der Waals surface area contributed by atoms with Gasteiger partial charge < -0.3 is 0 Å². The molecule has 1 aliphatic carbocycles. The second kappa shape index (κ2) is 9.15. The Morgan fingerprint density at radius 3 is 2.50 bits per heavy atom. The molecule has 30 heavy (non-hydrogen) atoms. The normalized spacial score (nSPS) is 16.6. The molecule has 0 radical (unpaired) electrons. The number of nitriles is 1. The zero-order valence-electron chi connectivity index (χ0n) is 16.7. The maximum absolute atomic E-state index is 13.2. The largest absolute Gasteiger partial charge is 0.294 e. The zero-order valence-corrected chi connectivity index (χ0v) is 16.7. The summed E-state index contributed by atoms with van der Waals surface area (Å²) in [5, 5.41) is 9.53. The molecule has 1 aromatic heterocycles. The first-order chi connectivity index (χ1) is 14.7. The molecule has 0 spiro atoms. The first kappa shape index (κ1) is 19.5. The number of benzene rings is 2.